The quantitative estimate of drug-likeness (QED) is 0.743. The molecule has 0 amide bonds. The molecule has 0 unspecified atom stereocenters. The van der Waals surface area contributed by atoms with Crippen molar-refractivity contribution in [1.29, 1.82) is 5.26 Å². The maximum Gasteiger partial charge on any atom is 0.231 e. The second kappa shape index (κ2) is 5.29. The molecule has 4 rings (SSSR count). The topological polar surface area (TPSA) is 60.1 Å². The molecule has 5 nitrogen and oxygen atoms in total. The third-order valence-corrected chi connectivity index (χ3v) is 3.79. The Kier molecular flexibility index (Phi) is 3.12. The first kappa shape index (κ1) is 13.6. The molecule has 0 spiro atoms. The lowest BCUT2D eigenvalue weighted by Gasteiger charge is -2.07. The lowest BCUT2D eigenvalue weighted by atomic mass is 10.2. The molecule has 0 aliphatic carbocycles. The van der Waals surface area contributed by atoms with Gasteiger partial charge in [-0.25, -0.2) is 9.37 Å². The molecule has 1 aromatic heterocycles. The van der Waals surface area contributed by atoms with E-state index in [9.17, 15) is 4.39 Å². The molecular formula is C17H12FN3O2. The second-order valence-electron chi connectivity index (χ2n) is 5.20. The maximum absolute atomic E-state index is 13.2. The van der Waals surface area contributed by atoms with Crippen LogP contribution in [0.4, 0.5) is 4.39 Å². The first-order chi connectivity index (χ1) is 11.3. The van der Waals surface area contributed by atoms with Gasteiger partial charge in [0.25, 0.3) is 0 Å². The summed E-state index contributed by atoms with van der Waals surface area (Å²) in [5.41, 5.74) is 2.41. The van der Waals surface area contributed by atoms with Crippen molar-refractivity contribution in [2.45, 2.75) is 13.0 Å². The molecule has 0 saturated carbocycles. The van der Waals surface area contributed by atoms with E-state index in [1.807, 2.05) is 16.7 Å². The number of hydrogen-bond donors (Lipinski definition) is 0. The average molecular weight is 309 g/mol. The van der Waals surface area contributed by atoms with E-state index in [0.717, 1.165) is 16.6 Å². The van der Waals surface area contributed by atoms with Gasteiger partial charge in [0.2, 0.25) is 6.79 Å². The van der Waals surface area contributed by atoms with Crippen molar-refractivity contribution >= 4 is 11.0 Å². The van der Waals surface area contributed by atoms with Crippen LogP contribution < -0.4 is 9.47 Å². The predicted octanol–water partition coefficient (Wildman–Crippen LogP) is 3.48. The standard InChI is InChI=1S/C17H12FN3O2/c18-12-4-2-11(3-5-12)17-20-13-8-15-16(23-10-22-15)9-14(13)21(17)7-1-6-19/h2-5,8-9H,1,7,10H2. The van der Waals surface area contributed by atoms with Gasteiger partial charge in [-0.15, -0.1) is 0 Å². The summed E-state index contributed by atoms with van der Waals surface area (Å²) in [6.45, 7) is 0.699. The number of benzene rings is 2. The summed E-state index contributed by atoms with van der Waals surface area (Å²) >= 11 is 0. The Hall–Kier alpha value is -3.07. The Morgan fingerprint density at radius 1 is 1.17 bits per heavy atom. The normalized spacial score (nSPS) is 12.5. The highest BCUT2D eigenvalue weighted by Gasteiger charge is 2.19. The highest BCUT2D eigenvalue weighted by atomic mass is 19.1. The van der Waals surface area contributed by atoms with Gasteiger partial charge >= 0.3 is 0 Å². The van der Waals surface area contributed by atoms with Crippen LogP contribution in [0.15, 0.2) is 36.4 Å². The van der Waals surface area contributed by atoms with Gasteiger partial charge in [-0.1, -0.05) is 0 Å². The van der Waals surface area contributed by atoms with Crippen molar-refractivity contribution in [2.24, 2.45) is 0 Å². The molecule has 23 heavy (non-hydrogen) atoms. The van der Waals surface area contributed by atoms with E-state index in [-0.39, 0.29) is 12.6 Å². The van der Waals surface area contributed by atoms with Crippen LogP contribution in [-0.4, -0.2) is 16.3 Å². The van der Waals surface area contributed by atoms with Gasteiger partial charge in [0, 0.05) is 24.2 Å². The Morgan fingerprint density at radius 2 is 1.91 bits per heavy atom. The molecule has 6 heteroatoms. The highest BCUT2D eigenvalue weighted by molar-refractivity contribution is 5.84. The van der Waals surface area contributed by atoms with Crippen LogP contribution in [0, 0.1) is 17.1 Å². The zero-order valence-electron chi connectivity index (χ0n) is 12.1. The van der Waals surface area contributed by atoms with Gasteiger partial charge in [-0.2, -0.15) is 5.26 Å². The van der Waals surface area contributed by atoms with E-state index in [4.69, 9.17) is 14.7 Å². The van der Waals surface area contributed by atoms with Crippen LogP contribution in [0.25, 0.3) is 22.4 Å². The largest absolute Gasteiger partial charge is 0.454 e. The van der Waals surface area contributed by atoms with Crippen LogP contribution in [0.3, 0.4) is 0 Å². The molecule has 0 saturated heterocycles. The van der Waals surface area contributed by atoms with Crippen molar-refractivity contribution in [3.05, 3.63) is 42.2 Å². The number of rotatable bonds is 3. The zero-order valence-corrected chi connectivity index (χ0v) is 12.1. The molecule has 2 aromatic carbocycles. The highest BCUT2D eigenvalue weighted by Crippen LogP contribution is 2.37. The molecule has 0 bridgehead atoms. The van der Waals surface area contributed by atoms with E-state index in [1.54, 1.807) is 12.1 Å². The fourth-order valence-corrected chi connectivity index (χ4v) is 2.72. The van der Waals surface area contributed by atoms with Crippen molar-refractivity contribution in [3.8, 4) is 29.0 Å². The summed E-state index contributed by atoms with van der Waals surface area (Å²) in [6.07, 6.45) is 0.355. The number of nitriles is 1. The van der Waals surface area contributed by atoms with Gasteiger partial charge in [0.15, 0.2) is 11.5 Å². The molecule has 3 aromatic rings. The summed E-state index contributed by atoms with van der Waals surface area (Å²) in [7, 11) is 0. The van der Waals surface area contributed by atoms with E-state index < -0.39 is 0 Å². The van der Waals surface area contributed by atoms with Crippen LogP contribution in [0.2, 0.25) is 0 Å². The summed E-state index contributed by atoms with van der Waals surface area (Å²) in [4.78, 5) is 4.64. The third kappa shape index (κ3) is 2.27. The first-order valence-corrected chi connectivity index (χ1v) is 7.19. The molecule has 1 aliphatic heterocycles. The zero-order chi connectivity index (χ0) is 15.8. The van der Waals surface area contributed by atoms with Gasteiger partial charge < -0.3 is 14.0 Å². The molecule has 0 atom stereocenters. The van der Waals surface area contributed by atoms with Crippen LogP contribution in [0.5, 0.6) is 11.5 Å². The summed E-state index contributed by atoms with van der Waals surface area (Å²) in [6, 6.07) is 12.0. The van der Waals surface area contributed by atoms with Crippen molar-refractivity contribution in [3.63, 3.8) is 0 Å². The van der Waals surface area contributed by atoms with Crippen LogP contribution in [-0.2, 0) is 6.54 Å². The molecule has 0 N–H and O–H groups in total. The van der Waals surface area contributed by atoms with E-state index >= 15 is 0 Å². The fourth-order valence-electron chi connectivity index (χ4n) is 2.72. The van der Waals surface area contributed by atoms with Crippen LogP contribution in [0.1, 0.15) is 6.42 Å². The summed E-state index contributed by atoms with van der Waals surface area (Å²) in [5, 5.41) is 8.91. The minimum atomic E-state index is -0.297. The number of ether oxygens (including phenoxy) is 2. The smallest absolute Gasteiger partial charge is 0.231 e. The van der Waals surface area contributed by atoms with Crippen LogP contribution >= 0.6 is 0 Å². The second-order valence-corrected chi connectivity index (χ2v) is 5.20. The number of hydrogen-bond acceptors (Lipinski definition) is 4. The summed E-state index contributed by atoms with van der Waals surface area (Å²) < 4.78 is 25.9. The molecule has 0 fully saturated rings. The molecule has 114 valence electrons. The van der Waals surface area contributed by atoms with E-state index in [1.165, 1.54) is 12.1 Å². The minimum absolute atomic E-state index is 0.199. The van der Waals surface area contributed by atoms with Gasteiger partial charge in [-0.3, -0.25) is 0 Å². The lowest BCUT2D eigenvalue weighted by molar-refractivity contribution is 0.174. The number of nitrogens with zero attached hydrogens (tertiary/aromatic N) is 3. The maximum atomic E-state index is 13.2. The Morgan fingerprint density at radius 3 is 2.65 bits per heavy atom. The number of halogens is 1. The Balaban J connectivity index is 1.92. The third-order valence-electron chi connectivity index (χ3n) is 3.79. The fraction of sp³-hybridized carbons (Fsp3) is 0.176. The Bertz CT molecular complexity index is 926. The molecule has 1 aliphatic rings. The van der Waals surface area contributed by atoms with Gasteiger partial charge in [0.05, 0.1) is 23.5 Å². The number of imidazole rings is 1. The van der Waals surface area contributed by atoms with E-state index in [0.29, 0.717) is 30.3 Å². The first-order valence-electron chi connectivity index (χ1n) is 7.19. The van der Waals surface area contributed by atoms with Gasteiger partial charge in [-0.05, 0) is 24.3 Å². The molecule has 0 radical (unpaired) electrons. The summed E-state index contributed by atoms with van der Waals surface area (Å²) in [5.74, 6) is 1.72. The number of fused-ring (bicyclic) bond motifs is 2. The predicted molar refractivity (Wildman–Crippen MR) is 81.5 cm³/mol. The average Bonchev–Trinajstić information content (AvgIpc) is 3.15. The minimum Gasteiger partial charge on any atom is -0.454 e. The molecular weight excluding hydrogens is 297 g/mol. The van der Waals surface area contributed by atoms with Crippen molar-refractivity contribution in [1.82, 2.24) is 9.55 Å². The van der Waals surface area contributed by atoms with Crippen molar-refractivity contribution < 1.29 is 13.9 Å². The number of aromatic nitrogens is 2. The van der Waals surface area contributed by atoms with Gasteiger partial charge in [0.1, 0.15) is 11.6 Å². The van der Waals surface area contributed by atoms with Crippen molar-refractivity contribution in [2.75, 3.05) is 6.79 Å². The molecule has 2 heterocycles. The SMILES string of the molecule is N#CCCn1c(-c2ccc(F)cc2)nc2cc3c(cc21)OCO3. The lowest BCUT2D eigenvalue weighted by Crippen LogP contribution is -2.00. The monoisotopic (exact) mass is 309 g/mol. The Labute approximate surface area is 131 Å². The van der Waals surface area contributed by atoms with E-state index in [2.05, 4.69) is 11.1 Å². The number of aryl methyl sites for hydroxylation is 1.